The van der Waals surface area contributed by atoms with Gasteiger partial charge in [0.2, 0.25) is 0 Å². The van der Waals surface area contributed by atoms with Gasteiger partial charge in [0.1, 0.15) is 0 Å². The van der Waals surface area contributed by atoms with Crippen LogP contribution >= 0.6 is 11.6 Å². The Bertz CT molecular complexity index is 1330. The van der Waals surface area contributed by atoms with E-state index in [-0.39, 0.29) is 6.54 Å². The van der Waals surface area contributed by atoms with Crippen molar-refractivity contribution in [1.82, 2.24) is 9.88 Å². The maximum atomic E-state index is 14.0. The van der Waals surface area contributed by atoms with Crippen molar-refractivity contribution in [2.24, 2.45) is 4.99 Å². The van der Waals surface area contributed by atoms with Crippen LogP contribution in [0.5, 0.6) is 0 Å². The Morgan fingerprint density at radius 2 is 1.97 bits per heavy atom. The van der Waals surface area contributed by atoms with Gasteiger partial charge in [0.15, 0.2) is 5.58 Å². The molecule has 6 nitrogen and oxygen atoms in total. The molecule has 2 aliphatic heterocycles. The molecule has 1 atom stereocenters. The van der Waals surface area contributed by atoms with E-state index in [1.54, 1.807) is 42.5 Å². The molecule has 0 aliphatic carbocycles. The van der Waals surface area contributed by atoms with Gasteiger partial charge in [-0.15, -0.1) is 0 Å². The number of carbonyl (C=O) groups excluding carboxylic acids is 1. The van der Waals surface area contributed by atoms with Crippen LogP contribution in [0.1, 0.15) is 24.1 Å². The van der Waals surface area contributed by atoms with Gasteiger partial charge in [0, 0.05) is 28.7 Å². The number of aromatic nitrogens is 1. The molecule has 158 valence electrons. The fourth-order valence-electron chi connectivity index (χ4n) is 4.24. The number of benzene rings is 2. The molecule has 0 saturated heterocycles. The number of fused-ring (bicyclic) bond motifs is 1. The zero-order chi connectivity index (χ0) is 21.9. The highest BCUT2D eigenvalue weighted by Crippen LogP contribution is 2.44. The van der Waals surface area contributed by atoms with E-state index in [1.807, 2.05) is 0 Å². The molecule has 9 heteroatoms. The molecule has 0 radical (unpaired) electrons. The lowest BCUT2D eigenvalue weighted by atomic mass is 9.91. The van der Waals surface area contributed by atoms with Crippen LogP contribution in [0.15, 0.2) is 67.8 Å². The standard InChI is InChI=1S/C22H16ClF2N3O3/c1-22(24,25)10-28-18(11-5-7-12(23)8-6-11)16-14(20(28)29)9-26-17(16)13-3-2-4-15-19(13)31-21(30)27-15/h2-8,18H,9-10H2,1H3,(H,27,30). The van der Waals surface area contributed by atoms with Gasteiger partial charge in [0.05, 0.1) is 30.4 Å². The third kappa shape index (κ3) is 3.27. The molecule has 1 unspecified atom stereocenters. The van der Waals surface area contributed by atoms with Crippen molar-refractivity contribution in [3.05, 3.63) is 80.3 Å². The lowest BCUT2D eigenvalue weighted by Gasteiger charge is -2.30. The number of alkyl halides is 2. The molecule has 2 aliphatic rings. The quantitative estimate of drug-likeness (QED) is 0.659. The van der Waals surface area contributed by atoms with Crippen LogP contribution in [0, 0.1) is 0 Å². The number of H-pyrrole nitrogens is 1. The van der Waals surface area contributed by atoms with Crippen LogP contribution in [0.4, 0.5) is 8.78 Å². The van der Waals surface area contributed by atoms with Crippen molar-refractivity contribution >= 4 is 34.3 Å². The van der Waals surface area contributed by atoms with Crippen molar-refractivity contribution in [2.45, 2.75) is 18.9 Å². The first-order valence-electron chi connectivity index (χ1n) is 9.57. The molecule has 3 heterocycles. The average molecular weight is 444 g/mol. The summed E-state index contributed by atoms with van der Waals surface area (Å²) in [5.41, 5.74) is 3.34. The van der Waals surface area contributed by atoms with E-state index in [2.05, 4.69) is 9.98 Å². The molecular weight excluding hydrogens is 428 g/mol. The molecule has 5 rings (SSSR count). The Kier molecular flexibility index (Phi) is 4.37. The van der Waals surface area contributed by atoms with Crippen molar-refractivity contribution in [3.63, 3.8) is 0 Å². The molecule has 1 amide bonds. The van der Waals surface area contributed by atoms with Crippen LogP contribution in [0.25, 0.3) is 11.1 Å². The highest BCUT2D eigenvalue weighted by molar-refractivity contribution is 6.30. The summed E-state index contributed by atoms with van der Waals surface area (Å²) in [4.78, 5) is 33.1. The number of halogens is 3. The molecule has 1 N–H and O–H groups in total. The van der Waals surface area contributed by atoms with Crippen LogP contribution < -0.4 is 5.76 Å². The van der Waals surface area contributed by atoms with Crippen molar-refractivity contribution < 1.29 is 18.0 Å². The normalized spacial score (nSPS) is 18.8. The first-order valence-corrected chi connectivity index (χ1v) is 9.95. The minimum absolute atomic E-state index is 0.0738. The van der Waals surface area contributed by atoms with Gasteiger partial charge in [-0.3, -0.25) is 14.8 Å². The first kappa shape index (κ1) is 19.7. The molecule has 0 fully saturated rings. The SMILES string of the molecule is CC(F)(F)CN1C(=O)C2=C(C(c3cccc4[nH]c(=O)oc34)=NC2)C1c1ccc(Cl)cc1. The maximum Gasteiger partial charge on any atom is 0.417 e. The molecule has 2 aromatic carbocycles. The number of nitrogens with one attached hydrogen (secondary N) is 1. The number of para-hydroxylation sites is 1. The summed E-state index contributed by atoms with van der Waals surface area (Å²) in [5.74, 6) is -4.16. The van der Waals surface area contributed by atoms with Crippen molar-refractivity contribution in [3.8, 4) is 0 Å². The van der Waals surface area contributed by atoms with Crippen molar-refractivity contribution in [1.29, 1.82) is 0 Å². The topological polar surface area (TPSA) is 78.7 Å². The van der Waals surface area contributed by atoms with E-state index < -0.39 is 30.2 Å². The number of aliphatic imine (C=N–C) groups is 1. The third-order valence-electron chi connectivity index (χ3n) is 5.42. The Morgan fingerprint density at radius 3 is 2.68 bits per heavy atom. The van der Waals surface area contributed by atoms with E-state index in [0.717, 1.165) is 6.92 Å². The second-order valence-corrected chi connectivity index (χ2v) is 8.15. The molecule has 0 bridgehead atoms. The zero-order valence-electron chi connectivity index (χ0n) is 16.3. The van der Waals surface area contributed by atoms with Gasteiger partial charge in [-0.2, -0.15) is 0 Å². The summed E-state index contributed by atoms with van der Waals surface area (Å²) < 4.78 is 33.3. The number of hydrogen-bond acceptors (Lipinski definition) is 4. The molecular formula is C22H16ClF2N3O3. The first-order chi connectivity index (χ1) is 14.7. The van der Waals surface area contributed by atoms with Gasteiger partial charge in [-0.1, -0.05) is 29.8 Å². The lowest BCUT2D eigenvalue weighted by Crippen LogP contribution is -2.40. The maximum absolute atomic E-state index is 14.0. The van der Waals surface area contributed by atoms with Crippen LogP contribution in [0.3, 0.4) is 0 Å². The monoisotopic (exact) mass is 443 g/mol. The summed E-state index contributed by atoms with van der Waals surface area (Å²) in [6.07, 6.45) is 0. The van der Waals surface area contributed by atoms with Crippen LogP contribution in [-0.4, -0.2) is 40.5 Å². The summed E-state index contributed by atoms with van der Waals surface area (Å²) in [6, 6.07) is 11.1. The number of carbonyl (C=O) groups is 1. The fraction of sp³-hybridized carbons (Fsp3) is 0.227. The predicted octanol–water partition coefficient (Wildman–Crippen LogP) is 4.11. The Hall–Kier alpha value is -3.26. The Balaban J connectivity index is 1.67. The zero-order valence-corrected chi connectivity index (χ0v) is 17.0. The number of oxazole rings is 1. The summed E-state index contributed by atoms with van der Waals surface area (Å²) in [7, 11) is 0. The number of amides is 1. The highest BCUT2D eigenvalue weighted by Gasteiger charge is 2.47. The highest BCUT2D eigenvalue weighted by atomic mass is 35.5. The Labute approximate surface area is 179 Å². The molecule has 3 aromatic rings. The second kappa shape index (κ2) is 6.88. The van der Waals surface area contributed by atoms with E-state index in [1.165, 1.54) is 4.90 Å². The third-order valence-corrected chi connectivity index (χ3v) is 5.67. The number of rotatable bonds is 4. The Morgan fingerprint density at radius 1 is 1.23 bits per heavy atom. The summed E-state index contributed by atoms with van der Waals surface area (Å²) in [5, 5.41) is 0.494. The van der Waals surface area contributed by atoms with Crippen LogP contribution in [0.2, 0.25) is 5.02 Å². The van der Waals surface area contributed by atoms with Gasteiger partial charge in [-0.05, 0) is 29.8 Å². The fourth-order valence-corrected chi connectivity index (χ4v) is 4.37. The van der Waals surface area contributed by atoms with E-state index in [0.29, 0.717) is 44.1 Å². The second-order valence-electron chi connectivity index (χ2n) is 7.71. The van der Waals surface area contributed by atoms with Gasteiger partial charge >= 0.3 is 5.76 Å². The molecule has 31 heavy (non-hydrogen) atoms. The van der Waals surface area contributed by atoms with Gasteiger partial charge in [0.25, 0.3) is 11.8 Å². The van der Waals surface area contributed by atoms with E-state index >= 15 is 0 Å². The summed E-state index contributed by atoms with van der Waals surface area (Å²) >= 11 is 6.01. The largest absolute Gasteiger partial charge is 0.417 e. The smallest absolute Gasteiger partial charge is 0.407 e. The van der Waals surface area contributed by atoms with Crippen molar-refractivity contribution in [2.75, 3.05) is 13.1 Å². The minimum Gasteiger partial charge on any atom is -0.407 e. The predicted molar refractivity (Wildman–Crippen MR) is 112 cm³/mol. The average Bonchev–Trinajstić information content (AvgIpc) is 3.36. The minimum atomic E-state index is -3.08. The molecule has 0 saturated carbocycles. The van der Waals surface area contributed by atoms with E-state index in [9.17, 15) is 18.4 Å². The number of aromatic amines is 1. The number of hydrogen-bond donors (Lipinski definition) is 1. The van der Waals surface area contributed by atoms with E-state index in [4.69, 9.17) is 16.0 Å². The lowest BCUT2D eigenvalue weighted by molar-refractivity contribution is -0.132. The van der Waals surface area contributed by atoms with Gasteiger partial charge in [-0.25, -0.2) is 13.6 Å². The molecule has 1 aromatic heterocycles. The number of nitrogens with zero attached hydrogens (tertiary/aromatic N) is 2. The van der Waals surface area contributed by atoms with Crippen LogP contribution in [-0.2, 0) is 4.79 Å². The molecule has 0 spiro atoms. The van der Waals surface area contributed by atoms with Gasteiger partial charge < -0.3 is 9.32 Å². The summed E-state index contributed by atoms with van der Waals surface area (Å²) in [6.45, 7) is 0.125.